The summed E-state index contributed by atoms with van der Waals surface area (Å²) in [7, 11) is 0. The lowest BCUT2D eigenvalue weighted by atomic mass is 10.2. The predicted molar refractivity (Wildman–Crippen MR) is 85.5 cm³/mol. The lowest BCUT2D eigenvalue weighted by Crippen LogP contribution is -2.30. The van der Waals surface area contributed by atoms with Crippen LogP contribution < -0.4 is 10.6 Å². The Balaban J connectivity index is 2.36. The van der Waals surface area contributed by atoms with Gasteiger partial charge in [-0.25, -0.2) is 9.59 Å². The van der Waals surface area contributed by atoms with Crippen molar-refractivity contribution in [3.8, 4) is 0 Å². The van der Waals surface area contributed by atoms with Crippen LogP contribution in [0.25, 0.3) is 10.1 Å². The van der Waals surface area contributed by atoms with Crippen molar-refractivity contribution in [3.05, 3.63) is 29.1 Å². The number of ether oxygens (including phenoxy) is 1. The lowest BCUT2D eigenvalue weighted by molar-refractivity contribution is 0.0533. The van der Waals surface area contributed by atoms with Crippen LogP contribution in [0.3, 0.4) is 0 Å². The maximum atomic E-state index is 12.0. The summed E-state index contributed by atoms with van der Waals surface area (Å²) in [6.07, 6.45) is 0. The van der Waals surface area contributed by atoms with Crippen LogP contribution in [0.4, 0.5) is 10.5 Å². The van der Waals surface area contributed by atoms with Gasteiger partial charge in [-0.15, -0.1) is 22.9 Å². The van der Waals surface area contributed by atoms with E-state index in [-0.39, 0.29) is 6.61 Å². The molecule has 2 amide bonds. The number of rotatable bonds is 5. The summed E-state index contributed by atoms with van der Waals surface area (Å²) in [5.74, 6) is -0.117. The summed E-state index contributed by atoms with van der Waals surface area (Å²) in [4.78, 5) is 24.2. The molecular formula is C14H15ClN2O3S. The zero-order valence-corrected chi connectivity index (χ0v) is 13.0. The minimum atomic E-state index is -0.439. The molecule has 2 N–H and O–H groups in total. The van der Waals surface area contributed by atoms with Crippen molar-refractivity contribution in [2.75, 3.05) is 24.3 Å². The monoisotopic (exact) mass is 326 g/mol. The molecule has 0 saturated heterocycles. The third-order valence-corrected chi connectivity index (χ3v) is 4.01. The number of fused-ring (bicyclic) bond motifs is 1. The normalized spacial score (nSPS) is 10.4. The van der Waals surface area contributed by atoms with Crippen LogP contribution in [0.2, 0.25) is 0 Å². The molecule has 21 heavy (non-hydrogen) atoms. The van der Waals surface area contributed by atoms with Gasteiger partial charge in [0.25, 0.3) is 0 Å². The van der Waals surface area contributed by atoms with E-state index in [0.717, 1.165) is 10.1 Å². The number of benzene rings is 1. The Morgan fingerprint density at radius 3 is 2.81 bits per heavy atom. The number of hydrogen-bond acceptors (Lipinski definition) is 4. The molecule has 0 radical (unpaired) electrons. The van der Waals surface area contributed by atoms with Crippen LogP contribution in [0.15, 0.2) is 24.3 Å². The van der Waals surface area contributed by atoms with Gasteiger partial charge in [0.15, 0.2) is 0 Å². The van der Waals surface area contributed by atoms with Crippen molar-refractivity contribution in [3.63, 3.8) is 0 Å². The van der Waals surface area contributed by atoms with Gasteiger partial charge in [-0.05, 0) is 13.0 Å². The molecule has 5 nitrogen and oxygen atoms in total. The number of thiophene rings is 1. The second-order valence-electron chi connectivity index (χ2n) is 4.09. The quantitative estimate of drug-likeness (QED) is 0.653. The largest absolute Gasteiger partial charge is 0.462 e. The second-order valence-corrected chi connectivity index (χ2v) is 5.52. The Morgan fingerprint density at radius 1 is 1.33 bits per heavy atom. The Bertz CT molecular complexity index is 657. The van der Waals surface area contributed by atoms with Gasteiger partial charge < -0.3 is 15.4 Å². The van der Waals surface area contributed by atoms with E-state index in [9.17, 15) is 9.59 Å². The van der Waals surface area contributed by atoms with Crippen LogP contribution in [-0.2, 0) is 4.74 Å². The maximum absolute atomic E-state index is 12.0. The number of urea groups is 1. The first kappa shape index (κ1) is 15.6. The van der Waals surface area contributed by atoms with E-state index in [1.165, 1.54) is 11.3 Å². The molecule has 112 valence electrons. The number of esters is 1. The molecule has 0 aliphatic carbocycles. The first-order valence-corrected chi connectivity index (χ1v) is 7.82. The van der Waals surface area contributed by atoms with Gasteiger partial charge in [0.2, 0.25) is 0 Å². The van der Waals surface area contributed by atoms with Crippen molar-refractivity contribution in [1.82, 2.24) is 5.32 Å². The highest BCUT2D eigenvalue weighted by Gasteiger charge is 2.20. The number of nitrogens with one attached hydrogen (secondary N) is 2. The number of hydrogen-bond donors (Lipinski definition) is 2. The average molecular weight is 327 g/mol. The molecule has 2 aromatic rings. The fourth-order valence-electron chi connectivity index (χ4n) is 1.83. The fraction of sp³-hybridized carbons (Fsp3) is 0.286. The Morgan fingerprint density at radius 2 is 2.10 bits per heavy atom. The van der Waals surface area contributed by atoms with Crippen molar-refractivity contribution < 1.29 is 14.3 Å². The molecular weight excluding hydrogens is 312 g/mol. The third-order valence-electron chi connectivity index (χ3n) is 2.67. The molecule has 0 aliphatic rings. The number of carbonyl (C=O) groups is 2. The predicted octanol–water partition coefficient (Wildman–Crippen LogP) is 3.44. The van der Waals surface area contributed by atoms with Crippen molar-refractivity contribution in [1.29, 1.82) is 0 Å². The summed E-state index contributed by atoms with van der Waals surface area (Å²) in [5.41, 5.74) is 0.473. The number of amides is 2. The molecule has 0 spiro atoms. The van der Waals surface area contributed by atoms with Crippen molar-refractivity contribution in [2.45, 2.75) is 6.92 Å². The molecule has 0 bridgehead atoms. The molecule has 1 heterocycles. The summed E-state index contributed by atoms with van der Waals surface area (Å²) in [6.45, 7) is 2.38. The van der Waals surface area contributed by atoms with E-state index >= 15 is 0 Å². The van der Waals surface area contributed by atoms with E-state index < -0.39 is 12.0 Å². The van der Waals surface area contributed by atoms with Gasteiger partial charge in [-0.3, -0.25) is 0 Å². The van der Waals surface area contributed by atoms with Crippen LogP contribution in [0.1, 0.15) is 16.6 Å². The minimum Gasteiger partial charge on any atom is -0.462 e. The zero-order chi connectivity index (χ0) is 15.2. The Kier molecular flexibility index (Phi) is 5.41. The molecule has 1 aromatic heterocycles. The molecule has 0 atom stereocenters. The highest BCUT2D eigenvalue weighted by Crippen LogP contribution is 2.36. The van der Waals surface area contributed by atoms with Crippen molar-refractivity contribution >= 4 is 50.7 Å². The number of halogens is 1. The highest BCUT2D eigenvalue weighted by atomic mass is 35.5. The van der Waals surface area contributed by atoms with Crippen LogP contribution >= 0.6 is 22.9 Å². The minimum absolute atomic E-state index is 0.283. The number of carbonyl (C=O) groups excluding carboxylic acids is 2. The first-order valence-electron chi connectivity index (χ1n) is 6.46. The standard InChI is InChI=1S/C14H15ClN2O3S/c1-2-20-13(18)12-11(17-14(19)16-8-7-15)9-5-3-4-6-10(9)21-12/h3-6H,2,7-8H2,1H3,(H2,16,17,19). The molecule has 0 unspecified atom stereocenters. The summed E-state index contributed by atoms with van der Waals surface area (Å²) in [5, 5.41) is 6.12. The molecule has 0 aliphatic heterocycles. The van der Waals surface area contributed by atoms with E-state index in [1.54, 1.807) is 6.92 Å². The molecule has 7 heteroatoms. The van der Waals surface area contributed by atoms with E-state index in [4.69, 9.17) is 16.3 Å². The molecule has 2 rings (SSSR count). The summed E-state index contributed by atoms with van der Waals surface area (Å²) < 4.78 is 5.95. The van der Waals surface area contributed by atoms with E-state index in [0.29, 0.717) is 23.0 Å². The molecule has 1 aromatic carbocycles. The Hall–Kier alpha value is -1.79. The topological polar surface area (TPSA) is 67.4 Å². The molecule has 0 saturated carbocycles. The summed E-state index contributed by atoms with van der Waals surface area (Å²) in [6, 6.07) is 7.08. The van der Waals surface area contributed by atoms with Gasteiger partial charge in [0.05, 0.1) is 12.3 Å². The van der Waals surface area contributed by atoms with Gasteiger partial charge in [0.1, 0.15) is 4.88 Å². The van der Waals surface area contributed by atoms with Crippen LogP contribution in [-0.4, -0.2) is 31.0 Å². The van der Waals surface area contributed by atoms with Crippen molar-refractivity contribution in [2.24, 2.45) is 0 Å². The smallest absolute Gasteiger partial charge is 0.350 e. The third kappa shape index (κ3) is 3.65. The van der Waals surface area contributed by atoms with E-state index in [2.05, 4.69) is 10.6 Å². The molecule has 0 fully saturated rings. The van der Waals surface area contributed by atoms with Gasteiger partial charge in [-0.1, -0.05) is 18.2 Å². The van der Waals surface area contributed by atoms with Crippen LogP contribution in [0.5, 0.6) is 0 Å². The number of alkyl halides is 1. The fourth-order valence-corrected chi connectivity index (χ4v) is 2.97. The zero-order valence-electron chi connectivity index (χ0n) is 11.4. The van der Waals surface area contributed by atoms with Crippen LogP contribution in [0, 0.1) is 0 Å². The van der Waals surface area contributed by atoms with Gasteiger partial charge in [0, 0.05) is 22.5 Å². The van der Waals surface area contributed by atoms with E-state index in [1.807, 2.05) is 24.3 Å². The average Bonchev–Trinajstić information content (AvgIpc) is 2.84. The Labute approximate surface area is 131 Å². The van der Waals surface area contributed by atoms with Gasteiger partial charge >= 0.3 is 12.0 Å². The second kappa shape index (κ2) is 7.28. The SMILES string of the molecule is CCOC(=O)c1sc2ccccc2c1NC(=O)NCCCl. The first-order chi connectivity index (χ1) is 10.2. The number of anilines is 1. The lowest BCUT2D eigenvalue weighted by Gasteiger charge is -2.08. The maximum Gasteiger partial charge on any atom is 0.350 e. The van der Waals surface area contributed by atoms with Gasteiger partial charge in [-0.2, -0.15) is 0 Å². The summed E-state index contributed by atoms with van der Waals surface area (Å²) >= 11 is 6.83. The highest BCUT2D eigenvalue weighted by molar-refractivity contribution is 7.21.